The second-order valence-electron chi connectivity index (χ2n) is 6.12. The first-order chi connectivity index (χ1) is 11.1. The molecule has 0 saturated heterocycles. The molecule has 1 amide bonds. The number of sulfonamides is 1. The lowest BCUT2D eigenvalue weighted by molar-refractivity contribution is 0.0985. The second-order valence-corrected chi connectivity index (χ2v) is 8.83. The summed E-state index contributed by atoms with van der Waals surface area (Å²) in [6.07, 6.45) is 1.40. The third kappa shape index (κ3) is 4.33. The Labute approximate surface area is 145 Å². The third-order valence-electron chi connectivity index (χ3n) is 3.04. The van der Waals surface area contributed by atoms with Gasteiger partial charge in [-0.2, -0.15) is 0 Å². The lowest BCUT2D eigenvalue weighted by Gasteiger charge is -2.13. The Morgan fingerprint density at radius 2 is 1.88 bits per heavy atom. The molecule has 1 heterocycles. The normalized spacial score (nSPS) is 12.0. The molecule has 130 valence electrons. The van der Waals surface area contributed by atoms with E-state index < -0.39 is 15.9 Å². The Balaban J connectivity index is 2.16. The zero-order valence-corrected chi connectivity index (χ0v) is 15.6. The molecule has 0 spiro atoms. The maximum Gasteiger partial charge on any atom is 0.276 e. The molecule has 6 nitrogen and oxygen atoms in total. The topological polar surface area (TPSA) is 85.4 Å². The van der Waals surface area contributed by atoms with E-state index in [1.807, 2.05) is 27.7 Å². The van der Waals surface area contributed by atoms with Crippen molar-refractivity contribution in [1.29, 1.82) is 0 Å². The number of amides is 1. The van der Waals surface area contributed by atoms with Crippen LogP contribution in [0.25, 0.3) is 0 Å². The van der Waals surface area contributed by atoms with Crippen molar-refractivity contribution in [2.75, 3.05) is 6.61 Å². The van der Waals surface area contributed by atoms with Gasteiger partial charge in [-0.1, -0.05) is 20.8 Å². The largest absolute Gasteiger partial charge is 0.494 e. The average Bonchev–Trinajstić information content (AvgIpc) is 2.98. The van der Waals surface area contributed by atoms with E-state index in [1.165, 1.54) is 29.7 Å². The maximum atomic E-state index is 12.3. The Morgan fingerprint density at radius 1 is 1.25 bits per heavy atom. The van der Waals surface area contributed by atoms with E-state index in [4.69, 9.17) is 4.74 Å². The minimum absolute atomic E-state index is 0.000127. The van der Waals surface area contributed by atoms with Crippen LogP contribution in [0, 0.1) is 0 Å². The summed E-state index contributed by atoms with van der Waals surface area (Å²) in [7, 11) is -3.94. The molecule has 0 aliphatic carbocycles. The van der Waals surface area contributed by atoms with Crippen molar-refractivity contribution in [3.63, 3.8) is 0 Å². The molecule has 0 aliphatic rings. The molecular weight excluding hydrogens is 348 g/mol. The van der Waals surface area contributed by atoms with Gasteiger partial charge < -0.3 is 4.74 Å². The van der Waals surface area contributed by atoms with E-state index in [9.17, 15) is 13.2 Å². The van der Waals surface area contributed by atoms with Crippen LogP contribution in [-0.4, -0.2) is 25.9 Å². The van der Waals surface area contributed by atoms with Gasteiger partial charge in [0.05, 0.1) is 22.7 Å². The van der Waals surface area contributed by atoms with E-state index in [0.717, 1.165) is 5.01 Å². The molecule has 0 bridgehead atoms. The molecular formula is C16H20N2O4S2. The number of nitrogens with zero attached hydrogens (tertiary/aromatic N) is 1. The first kappa shape index (κ1) is 18.4. The van der Waals surface area contributed by atoms with Gasteiger partial charge in [0.1, 0.15) is 10.6 Å². The van der Waals surface area contributed by atoms with Gasteiger partial charge in [-0.25, -0.2) is 18.1 Å². The molecule has 0 atom stereocenters. The summed E-state index contributed by atoms with van der Waals surface area (Å²) in [5, 5.41) is 0.770. The smallest absolute Gasteiger partial charge is 0.276 e. The van der Waals surface area contributed by atoms with Crippen LogP contribution >= 0.6 is 11.3 Å². The monoisotopic (exact) mass is 368 g/mol. The van der Waals surface area contributed by atoms with Gasteiger partial charge in [0.25, 0.3) is 15.9 Å². The Bertz CT molecular complexity index is 819. The first-order valence-corrected chi connectivity index (χ1v) is 9.70. The van der Waals surface area contributed by atoms with Crippen molar-refractivity contribution in [1.82, 2.24) is 9.71 Å². The summed E-state index contributed by atoms with van der Waals surface area (Å²) >= 11 is 1.19. The fourth-order valence-electron chi connectivity index (χ4n) is 1.84. The minimum Gasteiger partial charge on any atom is -0.494 e. The zero-order valence-electron chi connectivity index (χ0n) is 14.0. The fraction of sp³-hybridized carbons (Fsp3) is 0.375. The summed E-state index contributed by atoms with van der Waals surface area (Å²) in [6.45, 7) is 8.26. The molecule has 0 unspecified atom stereocenters. The summed E-state index contributed by atoms with van der Waals surface area (Å²) in [5.41, 5.74) is -0.197. The van der Waals surface area contributed by atoms with Crippen molar-refractivity contribution in [3.05, 3.63) is 40.3 Å². The van der Waals surface area contributed by atoms with Crippen LogP contribution in [0.3, 0.4) is 0 Å². The highest BCUT2D eigenvalue weighted by molar-refractivity contribution is 7.90. The van der Waals surface area contributed by atoms with Crippen molar-refractivity contribution in [3.8, 4) is 5.75 Å². The van der Waals surface area contributed by atoms with Crippen LogP contribution in [0.5, 0.6) is 5.75 Å². The van der Waals surface area contributed by atoms with Crippen molar-refractivity contribution >= 4 is 27.3 Å². The van der Waals surface area contributed by atoms with Crippen LogP contribution in [0.2, 0.25) is 0 Å². The Hall–Kier alpha value is -1.93. The van der Waals surface area contributed by atoms with Gasteiger partial charge in [0.2, 0.25) is 0 Å². The number of thiazole rings is 1. The molecule has 1 aromatic carbocycles. The van der Waals surface area contributed by atoms with E-state index >= 15 is 0 Å². The maximum absolute atomic E-state index is 12.3. The number of hydrogen-bond donors (Lipinski definition) is 1. The number of nitrogens with one attached hydrogen (secondary N) is 1. The number of rotatable bonds is 5. The van der Waals surface area contributed by atoms with Gasteiger partial charge >= 0.3 is 0 Å². The molecule has 0 fully saturated rings. The Morgan fingerprint density at radius 3 is 2.38 bits per heavy atom. The summed E-state index contributed by atoms with van der Waals surface area (Å²) in [5.74, 6) is -0.114. The fourth-order valence-corrected chi connectivity index (χ4v) is 3.74. The highest BCUT2D eigenvalue weighted by Crippen LogP contribution is 2.27. The molecule has 0 aliphatic heterocycles. The van der Waals surface area contributed by atoms with Crippen LogP contribution in [0.1, 0.15) is 42.4 Å². The van der Waals surface area contributed by atoms with Gasteiger partial charge in [0.15, 0.2) is 0 Å². The molecule has 8 heteroatoms. The molecule has 24 heavy (non-hydrogen) atoms. The van der Waals surface area contributed by atoms with Gasteiger partial charge in [-0.15, -0.1) is 11.3 Å². The molecule has 2 rings (SSSR count). The lowest BCUT2D eigenvalue weighted by atomic mass is 9.98. The SMILES string of the molecule is CCOc1ccc(S(=O)(=O)NC(=O)c2cnc(C(C)(C)C)s2)cc1. The van der Waals surface area contributed by atoms with Crippen molar-refractivity contribution in [2.45, 2.75) is 38.0 Å². The first-order valence-electron chi connectivity index (χ1n) is 7.40. The number of benzene rings is 1. The molecule has 0 saturated carbocycles. The summed E-state index contributed by atoms with van der Waals surface area (Å²) < 4.78 is 31.9. The van der Waals surface area contributed by atoms with Crippen molar-refractivity contribution in [2.24, 2.45) is 0 Å². The minimum atomic E-state index is -3.94. The summed E-state index contributed by atoms with van der Waals surface area (Å²) in [4.78, 5) is 16.6. The number of aromatic nitrogens is 1. The van der Waals surface area contributed by atoms with Crippen LogP contribution in [0.4, 0.5) is 0 Å². The van der Waals surface area contributed by atoms with E-state index in [-0.39, 0.29) is 15.2 Å². The quantitative estimate of drug-likeness (QED) is 0.877. The summed E-state index contributed by atoms with van der Waals surface area (Å²) in [6, 6.07) is 5.89. The zero-order chi connectivity index (χ0) is 18.0. The number of carbonyl (C=O) groups is 1. The van der Waals surface area contributed by atoms with E-state index in [0.29, 0.717) is 12.4 Å². The van der Waals surface area contributed by atoms with Gasteiger partial charge in [-0.3, -0.25) is 4.79 Å². The van der Waals surface area contributed by atoms with Gasteiger partial charge in [-0.05, 0) is 31.2 Å². The molecule has 1 aromatic heterocycles. The van der Waals surface area contributed by atoms with Crippen LogP contribution < -0.4 is 9.46 Å². The van der Waals surface area contributed by atoms with Crippen LogP contribution in [0.15, 0.2) is 35.4 Å². The van der Waals surface area contributed by atoms with Crippen LogP contribution in [-0.2, 0) is 15.4 Å². The standard InChI is InChI=1S/C16H20N2O4S2/c1-5-22-11-6-8-12(9-7-11)24(20,21)18-14(19)13-10-17-15(23-13)16(2,3)4/h6-10H,5H2,1-4H3,(H,18,19). The second kappa shape index (κ2) is 6.90. The van der Waals surface area contributed by atoms with E-state index in [1.54, 1.807) is 12.1 Å². The highest BCUT2D eigenvalue weighted by Gasteiger charge is 2.23. The number of ether oxygens (including phenoxy) is 1. The van der Waals surface area contributed by atoms with E-state index in [2.05, 4.69) is 9.71 Å². The van der Waals surface area contributed by atoms with Crippen molar-refractivity contribution < 1.29 is 17.9 Å². The Kier molecular flexibility index (Phi) is 5.29. The number of carbonyl (C=O) groups excluding carboxylic acids is 1. The number of hydrogen-bond acceptors (Lipinski definition) is 6. The molecule has 1 N–H and O–H groups in total. The predicted molar refractivity (Wildman–Crippen MR) is 93.1 cm³/mol. The molecule has 0 radical (unpaired) electrons. The predicted octanol–water partition coefficient (Wildman–Crippen LogP) is 2.96. The average molecular weight is 368 g/mol. The third-order valence-corrected chi connectivity index (χ3v) is 5.81. The highest BCUT2D eigenvalue weighted by atomic mass is 32.2. The lowest BCUT2D eigenvalue weighted by Crippen LogP contribution is -2.30. The molecule has 2 aromatic rings. The van der Waals surface area contributed by atoms with Gasteiger partial charge in [0, 0.05) is 5.41 Å².